The molecule has 1 aromatic heterocycles. The number of likely N-dealkylation sites (tertiary alicyclic amines) is 1. The molecule has 208 valence electrons. The van der Waals surface area contributed by atoms with Crippen molar-refractivity contribution in [1.82, 2.24) is 15.2 Å². The summed E-state index contributed by atoms with van der Waals surface area (Å²) in [6, 6.07) is 9.47. The van der Waals surface area contributed by atoms with Gasteiger partial charge in [-0.2, -0.15) is 0 Å². The number of benzene rings is 1. The molecule has 1 aliphatic heterocycles. The highest BCUT2D eigenvalue weighted by molar-refractivity contribution is 7.99. The molecule has 3 rings (SSSR count). The molecule has 5 nitrogen and oxygen atoms in total. The number of aryl methyl sites for hydroxylation is 1. The average Bonchev–Trinajstić information content (AvgIpc) is 2.97. The van der Waals surface area contributed by atoms with Crippen LogP contribution in [0.4, 0.5) is 0 Å². The molecule has 0 atom stereocenters. The molecule has 0 aliphatic carbocycles. The van der Waals surface area contributed by atoms with Crippen LogP contribution in [0.2, 0.25) is 0 Å². The first-order chi connectivity index (χ1) is 18.4. The van der Waals surface area contributed by atoms with E-state index in [0.717, 1.165) is 47.6 Å². The predicted octanol–water partition coefficient (Wildman–Crippen LogP) is 7.38. The van der Waals surface area contributed by atoms with Crippen molar-refractivity contribution in [1.29, 1.82) is 0 Å². The van der Waals surface area contributed by atoms with Crippen molar-refractivity contribution in [3.63, 3.8) is 0 Å². The fraction of sp³-hybridized carbons (Fsp3) is 0.438. The van der Waals surface area contributed by atoms with Gasteiger partial charge >= 0.3 is 0 Å². The van der Waals surface area contributed by atoms with Crippen molar-refractivity contribution < 1.29 is 4.79 Å². The van der Waals surface area contributed by atoms with E-state index in [1.165, 1.54) is 0 Å². The van der Waals surface area contributed by atoms with Crippen LogP contribution in [0.5, 0.6) is 0 Å². The molecule has 0 radical (unpaired) electrons. The quantitative estimate of drug-likeness (QED) is 0.377. The maximum atomic E-state index is 12.9. The van der Waals surface area contributed by atoms with Crippen LogP contribution in [0.25, 0.3) is 11.8 Å². The monoisotopic (exact) mass is 536 g/mol. The van der Waals surface area contributed by atoms with Gasteiger partial charge in [-0.15, -0.1) is 18.2 Å². The third kappa shape index (κ3) is 11.6. The highest BCUT2D eigenvalue weighted by Gasteiger charge is 2.19. The molecule has 1 fully saturated rings. The molecule has 1 aromatic carbocycles. The number of rotatable bonds is 6. The minimum Gasteiger partial charge on any atom is -0.399 e. The lowest BCUT2D eigenvalue weighted by atomic mass is 10.0. The molecule has 2 aromatic rings. The first kappa shape index (κ1) is 35.0. The van der Waals surface area contributed by atoms with E-state index in [2.05, 4.69) is 28.2 Å². The van der Waals surface area contributed by atoms with Crippen LogP contribution in [0.3, 0.4) is 0 Å². The van der Waals surface area contributed by atoms with Crippen molar-refractivity contribution in [2.45, 2.75) is 78.5 Å². The van der Waals surface area contributed by atoms with Crippen molar-refractivity contribution in [3.8, 4) is 12.3 Å². The highest BCUT2D eigenvalue weighted by Crippen LogP contribution is 2.29. The third-order valence-electron chi connectivity index (χ3n) is 5.58. The lowest BCUT2D eigenvalue weighted by Crippen LogP contribution is -2.31. The van der Waals surface area contributed by atoms with E-state index in [0.29, 0.717) is 22.2 Å². The zero-order valence-corrected chi connectivity index (χ0v) is 25.7. The van der Waals surface area contributed by atoms with Gasteiger partial charge in [0.1, 0.15) is 0 Å². The van der Waals surface area contributed by atoms with E-state index in [9.17, 15) is 4.79 Å². The second-order valence-corrected chi connectivity index (χ2v) is 9.30. The van der Waals surface area contributed by atoms with Gasteiger partial charge in [0.15, 0.2) is 0 Å². The number of pyridine rings is 1. The zero-order chi connectivity index (χ0) is 29.1. The number of nitrogens with zero attached hydrogens (tertiary/aromatic N) is 2. The summed E-state index contributed by atoms with van der Waals surface area (Å²) in [5.74, 6) is 2.34. The first-order valence-electron chi connectivity index (χ1n) is 13.7. The standard InChI is InChI=1S/C26H30N4OS.3C2H6/c1-5-22(16-21-15-19(24(27)6-2)8-7-18(21)3)29-26(31)20-9-12-28-25(17-20)32-23-10-13-30(4)14-11-23;3*1-2/h1,6-9,12,15-17,23H,10-11,13-14,27H2,2-4H3,(H,29,31);3*1-2H3/b22-16+,24-6-;;;. The Morgan fingerprint density at radius 1 is 1.11 bits per heavy atom. The van der Waals surface area contributed by atoms with Gasteiger partial charge in [-0.3, -0.25) is 4.79 Å². The molecule has 0 saturated carbocycles. The number of amides is 1. The Hall–Kier alpha value is -3.01. The van der Waals surface area contributed by atoms with Crippen LogP contribution in [0, 0.1) is 19.3 Å². The van der Waals surface area contributed by atoms with Crippen LogP contribution in [-0.2, 0) is 0 Å². The van der Waals surface area contributed by atoms with E-state index in [-0.39, 0.29) is 5.91 Å². The maximum absolute atomic E-state index is 12.9. The third-order valence-corrected chi connectivity index (χ3v) is 6.85. The Kier molecular flexibility index (Phi) is 18.4. The first-order valence-corrected chi connectivity index (χ1v) is 14.6. The fourth-order valence-corrected chi connectivity index (χ4v) is 4.60. The van der Waals surface area contributed by atoms with Crippen LogP contribution in [-0.4, -0.2) is 41.2 Å². The molecule has 1 aliphatic rings. The Balaban J connectivity index is 0.00000213. The predicted molar refractivity (Wildman–Crippen MR) is 168 cm³/mol. The molecule has 0 spiro atoms. The number of hydrogen-bond acceptors (Lipinski definition) is 5. The SMILES string of the molecule is C#C/C(=C\c1cc(/C(N)=C/C)ccc1C)NC(=O)c1ccnc(SC2CCN(C)CC2)c1.CC.CC.CC. The molecule has 6 heteroatoms. The van der Waals surface area contributed by atoms with E-state index < -0.39 is 0 Å². The molecule has 1 saturated heterocycles. The van der Waals surface area contributed by atoms with Crippen molar-refractivity contribution in [2.75, 3.05) is 20.1 Å². The minimum absolute atomic E-state index is 0.247. The Morgan fingerprint density at radius 2 is 1.74 bits per heavy atom. The summed E-state index contributed by atoms with van der Waals surface area (Å²) in [6.45, 7) is 18.1. The summed E-state index contributed by atoms with van der Waals surface area (Å²) >= 11 is 1.74. The number of nitrogens with two attached hydrogens (primary N) is 1. The number of allylic oxidation sites excluding steroid dienone is 2. The summed E-state index contributed by atoms with van der Waals surface area (Å²) in [6.07, 6.45) is 13.3. The molecule has 0 unspecified atom stereocenters. The number of carbonyl (C=O) groups is 1. The molecule has 2 heterocycles. The normalized spacial score (nSPS) is 13.9. The average molecular weight is 537 g/mol. The summed E-state index contributed by atoms with van der Waals surface area (Å²) in [5, 5.41) is 4.25. The van der Waals surface area contributed by atoms with Gasteiger partial charge in [0.2, 0.25) is 0 Å². The van der Waals surface area contributed by atoms with Crippen LogP contribution in [0.15, 0.2) is 53.3 Å². The summed E-state index contributed by atoms with van der Waals surface area (Å²) in [5.41, 5.74) is 10.5. The van der Waals surface area contributed by atoms with Gasteiger partial charge < -0.3 is 16.0 Å². The summed E-state index contributed by atoms with van der Waals surface area (Å²) in [7, 11) is 2.15. The van der Waals surface area contributed by atoms with Crippen LogP contribution in [0.1, 0.15) is 88.4 Å². The van der Waals surface area contributed by atoms with Crippen molar-refractivity contribution >= 4 is 29.4 Å². The van der Waals surface area contributed by atoms with Gasteiger partial charge in [-0.05, 0) is 87.8 Å². The molecule has 38 heavy (non-hydrogen) atoms. The van der Waals surface area contributed by atoms with Gasteiger partial charge in [-0.1, -0.05) is 65.7 Å². The van der Waals surface area contributed by atoms with Gasteiger partial charge in [0.25, 0.3) is 5.91 Å². The number of piperidine rings is 1. The topological polar surface area (TPSA) is 71.2 Å². The van der Waals surface area contributed by atoms with Crippen LogP contribution >= 0.6 is 11.8 Å². The highest BCUT2D eigenvalue weighted by atomic mass is 32.2. The molecule has 1 amide bonds. The molecule has 0 bridgehead atoms. The fourth-order valence-electron chi connectivity index (χ4n) is 3.49. The molecular formula is C32H48N4OS. The van der Waals surface area contributed by atoms with Crippen molar-refractivity contribution in [3.05, 3.63) is 70.6 Å². The van der Waals surface area contributed by atoms with E-state index in [1.54, 1.807) is 30.1 Å². The van der Waals surface area contributed by atoms with E-state index in [1.807, 2.05) is 85.7 Å². The van der Waals surface area contributed by atoms with Gasteiger partial charge in [0.05, 0.1) is 10.7 Å². The Morgan fingerprint density at radius 3 is 2.32 bits per heavy atom. The number of aromatic nitrogens is 1. The Labute approximate surface area is 236 Å². The minimum atomic E-state index is -0.247. The Bertz CT molecular complexity index is 1080. The lowest BCUT2D eigenvalue weighted by Gasteiger charge is -2.28. The van der Waals surface area contributed by atoms with Gasteiger partial charge in [-0.25, -0.2) is 4.98 Å². The number of thioether (sulfide) groups is 1. The second kappa shape index (κ2) is 20.0. The van der Waals surface area contributed by atoms with Crippen LogP contribution < -0.4 is 11.1 Å². The molecular weight excluding hydrogens is 488 g/mol. The molecule has 3 N–H and O–H groups in total. The number of carbonyl (C=O) groups excluding carboxylic acids is 1. The number of terminal acetylenes is 1. The largest absolute Gasteiger partial charge is 0.399 e. The van der Waals surface area contributed by atoms with Gasteiger partial charge in [0, 0.05) is 22.7 Å². The second-order valence-electron chi connectivity index (χ2n) is 7.98. The van der Waals surface area contributed by atoms with E-state index in [4.69, 9.17) is 12.2 Å². The zero-order valence-electron chi connectivity index (χ0n) is 24.9. The van der Waals surface area contributed by atoms with E-state index >= 15 is 0 Å². The lowest BCUT2D eigenvalue weighted by molar-refractivity contribution is 0.0967. The smallest absolute Gasteiger partial charge is 0.256 e. The number of nitrogens with one attached hydrogen (secondary N) is 1. The van der Waals surface area contributed by atoms with Crippen molar-refractivity contribution in [2.24, 2.45) is 5.73 Å². The maximum Gasteiger partial charge on any atom is 0.256 e. The summed E-state index contributed by atoms with van der Waals surface area (Å²) in [4.78, 5) is 19.7. The number of hydrogen-bond donors (Lipinski definition) is 2. The summed E-state index contributed by atoms with van der Waals surface area (Å²) < 4.78 is 0.